The van der Waals surface area contributed by atoms with Crippen LogP contribution in [0.3, 0.4) is 0 Å². The lowest BCUT2D eigenvalue weighted by atomic mass is 9.92. The van der Waals surface area contributed by atoms with Crippen LogP contribution in [-0.4, -0.2) is 30.5 Å². The Morgan fingerprint density at radius 2 is 2.29 bits per heavy atom. The average molecular weight is 293 g/mol. The van der Waals surface area contributed by atoms with Gasteiger partial charge >= 0.3 is 0 Å². The number of piperidine rings is 1. The fourth-order valence-corrected chi connectivity index (χ4v) is 2.50. The number of hydrogen-bond acceptors (Lipinski definition) is 5. The summed E-state index contributed by atoms with van der Waals surface area (Å²) in [5.41, 5.74) is 0.389. The lowest BCUT2D eigenvalue weighted by molar-refractivity contribution is -0.384. The van der Waals surface area contributed by atoms with Crippen molar-refractivity contribution in [1.29, 1.82) is 0 Å². The number of nitro benzene ring substituents is 1. The number of hydrogen-bond donors (Lipinski definition) is 2. The van der Waals surface area contributed by atoms with E-state index in [1.165, 1.54) is 25.3 Å². The number of benzene rings is 1. The van der Waals surface area contributed by atoms with Crippen molar-refractivity contribution in [1.82, 2.24) is 5.32 Å². The third kappa shape index (κ3) is 3.69. The van der Waals surface area contributed by atoms with Crippen molar-refractivity contribution >= 4 is 17.3 Å². The first-order valence-electron chi connectivity index (χ1n) is 6.88. The van der Waals surface area contributed by atoms with E-state index >= 15 is 0 Å². The summed E-state index contributed by atoms with van der Waals surface area (Å²) in [5.74, 6) is 0.163. The molecule has 0 saturated carbocycles. The van der Waals surface area contributed by atoms with Crippen LogP contribution in [0.15, 0.2) is 18.2 Å². The Kier molecular flexibility index (Phi) is 4.74. The van der Waals surface area contributed by atoms with Gasteiger partial charge in [0, 0.05) is 18.0 Å². The van der Waals surface area contributed by atoms with Crippen LogP contribution in [0.2, 0.25) is 0 Å². The summed E-state index contributed by atoms with van der Waals surface area (Å²) < 4.78 is 5.11. The summed E-state index contributed by atoms with van der Waals surface area (Å²) in [6.07, 6.45) is 1.56. The summed E-state index contributed by atoms with van der Waals surface area (Å²) in [7, 11) is 1.42. The lowest BCUT2D eigenvalue weighted by Gasteiger charge is -2.27. The Labute approximate surface area is 122 Å². The molecule has 1 amide bonds. The van der Waals surface area contributed by atoms with Crippen LogP contribution < -0.4 is 15.4 Å². The van der Waals surface area contributed by atoms with E-state index in [1.54, 1.807) is 0 Å². The summed E-state index contributed by atoms with van der Waals surface area (Å²) in [6, 6.07) is 4.47. The lowest BCUT2D eigenvalue weighted by Crippen LogP contribution is -2.40. The molecule has 2 unspecified atom stereocenters. The normalized spacial score (nSPS) is 21.6. The van der Waals surface area contributed by atoms with Crippen LogP contribution in [0.1, 0.15) is 19.8 Å². The highest BCUT2D eigenvalue weighted by Gasteiger charge is 2.25. The zero-order chi connectivity index (χ0) is 15.4. The summed E-state index contributed by atoms with van der Waals surface area (Å²) in [5, 5.41) is 16.8. The molecule has 114 valence electrons. The minimum absolute atomic E-state index is 0.0545. The highest BCUT2D eigenvalue weighted by atomic mass is 16.6. The quantitative estimate of drug-likeness (QED) is 0.653. The molecule has 2 N–H and O–H groups in total. The van der Waals surface area contributed by atoms with Gasteiger partial charge in [0.25, 0.3) is 5.69 Å². The monoisotopic (exact) mass is 293 g/mol. The summed E-state index contributed by atoms with van der Waals surface area (Å²) >= 11 is 0. The molecule has 7 nitrogen and oxygen atoms in total. The smallest absolute Gasteiger partial charge is 0.273 e. The maximum absolute atomic E-state index is 12.3. The van der Waals surface area contributed by atoms with Crippen molar-refractivity contribution < 1.29 is 14.5 Å². The van der Waals surface area contributed by atoms with Crippen molar-refractivity contribution in [2.24, 2.45) is 5.92 Å². The maximum atomic E-state index is 12.3. The first-order chi connectivity index (χ1) is 10.0. The highest BCUT2D eigenvalue weighted by Crippen LogP contribution is 2.30. The number of nitrogens with one attached hydrogen (secondary N) is 2. The SMILES string of the molecule is COc1cc([N+](=O)[O-])ccc1NC(=O)C1CCNC(C)C1. The average Bonchev–Trinajstić information content (AvgIpc) is 2.47. The van der Waals surface area contributed by atoms with Gasteiger partial charge < -0.3 is 15.4 Å². The number of ether oxygens (including phenoxy) is 1. The largest absolute Gasteiger partial charge is 0.494 e. The van der Waals surface area contributed by atoms with Crippen LogP contribution in [0, 0.1) is 16.0 Å². The number of amides is 1. The van der Waals surface area contributed by atoms with Gasteiger partial charge in [-0.05, 0) is 32.4 Å². The van der Waals surface area contributed by atoms with Gasteiger partial charge in [-0.1, -0.05) is 0 Å². The molecule has 0 bridgehead atoms. The molecule has 1 heterocycles. The van der Waals surface area contributed by atoms with Crippen LogP contribution in [0.25, 0.3) is 0 Å². The highest BCUT2D eigenvalue weighted by molar-refractivity contribution is 5.94. The van der Waals surface area contributed by atoms with Gasteiger partial charge in [-0.2, -0.15) is 0 Å². The van der Waals surface area contributed by atoms with Crippen molar-refractivity contribution in [3.63, 3.8) is 0 Å². The summed E-state index contributed by atoms with van der Waals surface area (Å²) in [6.45, 7) is 2.86. The third-order valence-corrected chi connectivity index (χ3v) is 3.65. The van der Waals surface area contributed by atoms with Crippen LogP contribution in [0.5, 0.6) is 5.75 Å². The van der Waals surface area contributed by atoms with E-state index in [1.807, 2.05) is 6.92 Å². The molecule has 2 rings (SSSR count). The number of non-ortho nitro benzene ring substituents is 1. The fraction of sp³-hybridized carbons (Fsp3) is 0.500. The Morgan fingerprint density at radius 3 is 2.90 bits per heavy atom. The Bertz CT molecular complexity index is 547. The van der Waals surface area contributed by atoms with Gasteiger partial charge in [-0.15, -0.1) is 0 Å². The van der Waals surface area contributed by atoms with E-state index in [0.717, 1.165) is 19.4 Å². The Hall–Kier alpha value is -2.15. The van der Waals surface area contributed by atoms with E-state index in [2.05, 4.69) is 10.6 Å². The second-order valence-electron chi connectivity index (χ2n) is 5.21. The molecule has 1 aliphatic heterocycles. The van der Waals surface area contributed by atoms with Crippen LogP contribution in [-0.2, 0) is 4.79 Å². The molecule has 1 aromatic carbocycles. The number of rotatable bonds is 4. The van der Waals surface area contributed by atoms with Gasteiger partial charge in [-0.3, -0.25) is 14.9 Å². The van der Waals surface area contributed by atoms with Gasteiger partial charge in [0.05, 0.1) is 23.8 Å². The molecule has 21 heavy (non-hydrogen) atoms. The maximum Gasteiger partial charge on any atom is 0.273 e. The predicted molar refractivity (Wildman–Crippen MR) is 78.5 cm³/mol. The molecule has 1 saturated heterocycles. The van der Waals surface area contributed by atoms with Gasteiger partial charge in [-0.25, -0.2) is 0 Å². The molecule has 1 aromatic rings. The number of anilines is 1. The standard InChI is InChI=1S/C14H19N3O4/c1-9-7-10(5-6-15-9)14(18)16-12-4-3-11(17(19)20)8-13(12)21-2/h3-4,8-10,15H,5-7H2,1-2H3,(H,16,18). The molecular formula is C14H19N3O4. The van der Waals surface area contributed by atoms with E-state index in [-0.39, 0.29) is 17.5 Å². The fourth-order valence-electron chi connectivity index (χ4n) is 2.50. The molecule has 2 atom stereocenters. The zero-order valence-electron chi connectivity index (χ0n) is 12.1. The third-order valence-electron chi connectivity index (χ3n) is 3.65. The van der Waals surface area contributed by atoms with Gasteiger partial charge in [0.1, 0.15) is 5.75 Å². The second kappa shape index (κ2) is 6.53. The number of nitro groups is 1. The van der Waals surface area contributed by atoms with E-state index in [4.69, 9.17) is 4.74 Å². The first kappa shape index (κ1) is 15.2. The number of carbonyl (C=O) groups is 1. The number of carbonyl (C=O) groups excluding carboxylic acids is 1. The van der Waals surface area contributed by atoms with Crippen molar-refractivity contribution in [3.05, 3.63) is 28.3 Å². The van der Waals surface area contributed by atoms with Crippen molar-refractivity contribution in [2.75, 3.05) is 19.0 Å². The van der Waals surface area contributed by atoms with Crippen molar-refractivity contribution in [3.8, 4) is 5.75 Å². The van der Waals surface area contributed by atoms with Crippen LogP contribution in [0.4, 0.5) is 11.4 Å². The predicted octanol–water partition coefficient (Wildman–Crippen LogP) is 1.93. The molecule has 0 aliphatic carbocycles. The Balaban J connectivity index is 2.11. The van der Waals surface area contributed by atoms with E-state index in [9.17, 15) is 14.9 Å². The molecule has 0 aromatic heterocycles. The molecule has 0 spiro atoms. The topological polar surface area (TPSA) is 93.5 Å². The van der Waals surface area contributed by atoms with E-state index < -0.39 is 4.92 Å². The first-order valence-corrected chi connectivity index (χ1v) is 6.88. The minimum Gasteiger partial charge on any atom is -0.494 e. The minimum atomic E-state index is -0.497. The molecule has 1 fully saturated rings. The Morgan fingerprint density at radius 1 is 1.52 bits per heavy atom. The van der Waals surface area contributed by atoms with E-state index in [0.29, 0.717) is 17.5 Å². The van der Waals surface area contributed by atoms with Gasteiger partial charge in [0.2, 0.25) is 5.91 Å². The molecular weight excluding hydrogens is 274 g/mol. The van der Waals surface area contributed by atoms with Gasteiger partial charge in [0.15, 0.2) is 0 Å². The van der Waals surface area contributed by atoms with Crippen LogP contribution >= 0.6 is 0 Å². The zero-order valence-corrected chi connectivity index (χ0v) is 12.1. The summed E-state index contributed by atoms with van der Waals surface area (Å²) in [4.78, 5) is 22.5. The number of nitrogens with zero attached hydrogens (tertiary/aromatic N) is 1. The number of methoxy groups -OCH3 is 1. The van der Waals surface area contributed by atoms with Crippen molar-refractivity contribution in [2.45, 2.75) is 25.8 Å². The second-order valence-corrected chi connectivity index (χ2v) is 5.21. The molecule has 7 heteroatoms. The molecule has 1 aliphatic rings. The molecule has 0 radical (unpaired) electrons.